The molecule has 1 fully saturated rings. The number of rotatable bonds is 5. The second-order valence-corrected chi connectivity index (χ2v) is 6.38. The van der Waals surface area contributed by atoms with Gasteiger partial charge in [0, 0.05) is 5.56 Å². The van der Waals surface area contributed by atoms with Crippen molar-refractivity contribution in [3.05, 3.63) is 54.6 Å². The molecule has 122 valence electrons. The predicted molar refractivity (Wildman–Crippen MR) is 92.9 cm³/mol. The quantitative estimate of drug-likeness (QED) is 0.916. The zero-order chi connectivity index (χ0) is 16.1. The summed E-state index contributed by atoms with van der Waals surface area (Å²) < 4.78 is 11.9. The molecule has 0 unspecified atom stereocenters. The SMILES string of the molecule is C[C@@H]1C[NH+](CCOc2ccccc2-c2ccccc2)C[C@@H](C)O1. The predicted octanol–water partition coefficient (Wildman–Crippen LogP) is 2.42. The maximum absolute atomic E-state index is 6.10. The Hall–Kier alpha value is -1.84. The summed E-state index contributed by atoms with van der Waals surface area (Å²) in [4.78, 5) is 1.56. The molecule has 0 aromatic heterocycles. The summed E-state index contributed by atoms with van der Waals surface area (Å²) in [5.74, 6) is 0.965. The Kier molecular flexibility index (Phi) is 5.31. The first kappa shape index (κ1) is 16.0. The van der Waals surface area contributed by atoms with Crippen molar-refractivity contribution in [2.75, 3.05) is 26.2 Å². The van der Waals surface area contributed by atoms with Gasteiger partial charge in [-0.3, -0.25) is 0 Å². The van der Waals surface area contributed by atoms with Gasteiger partial charge in [0.25, 0.3) is 0 Å². The number of hydrogen-bond acceptors (Lipinski definition) is 2. The molecule has 0 aliphatic carbocycles. The minimum atomic E-state index is 0.338. The number of benzene rings is 2. The first-order valence-electron chi connectivity index (χ1n) is 8.48. The lowest BCUT2D eigenvalue weighted by molar-refractivity contribution is -0.915. The van der Waals surface area contributed by atoms with Crippen LogP contribution in [0.4, 0.5) is 0 Å². The monoisotopic (exact) mass is 312 g/mol. The summed E-state index contributed by atoms with van der Waals surface area (Å²) in [6.07, 6.45) is 0.677. The van der Waals surface area contributed by atoms with E-state index >= 15 is 0 Å². The Morgan fingerprint density at radius 3 is 2.35 bits per heavy atom. The molecule has 0 bridgehead atoms. The molecule has 3 rings (SSSR count). The lowest BCUT2D eigenvalue weighted by Crippen LogP contribution is -3.16. The van der Waals surface area contributed by atoms with Crippen LogP contribution in [0.1, 0.15) is 13.8 Å². The largest absolute Gasteiger partial charge is 0.487 e. The summed E-state index contributed by atoms with van der Waals surface area (Å²) in [5, 5.41) is 0. The molecule has 1 saturated heterocycles. The number of ether oxygens (including phenoxy) is 2. The molecule has 1 N–H and O–H groups in total. The number of para-hydroxylation sites is 1. The molecule has 0 radical (unpaired) electrons. The fraction of sp³-hybridized carbons (Fsp3) is 0.400. The van der Waals surface area contributed by atoms with Gasteiger partial charge >= 0.3 is 0 Å². The zero-order valence-electron chi connectivity index (χ0n) is 14.0. The van der Waals surface area contributed by atoms with Crippen molar-refractivity contribution in [3.8, 4) is 16.9 Å². The van der Waals surface area contributed by atoms with Gasteiger partial charge in [0.15, 0.2) is 0 Å². The van der Waals surface area contributed by atoms with Gasteiger partial charge in [0.05, 0.1) is 0 Å². The average molecular weight is 312 g/mol. The lowest BCUT2D eigenvalue weighted by Gasteiger charge is -2.32. The van der Waals surface area contributed by atoms with E-state index in [-0.39, 0.29) is 0 Å². The number of nitrogens with one attached hydrogen (secondary N) is 1. The van der Waals surface area contributed by atoms with Gasteiger partial charge in [0.2, 0.25) is 0 Å². The van der Waals surface area contributed by atoms with E-state index in [0.29, 0.717) is 12.2 Å². The summed E-state index contributed by atoms with van der Waals surface area (Å²) in [7, 11) is 0. The lowest BCUT2D eigenvalue weighted by atomic mass is 10.1. The number of hydrogen-bond donors (Lipinski definition) is 1. The van der Waals surface area contributed by atoms with Crippen LogP contribution in [0.15, 0.2) is 54.6 Å². The van der Waals surface area contributed by atoms with Gasteiger partial charge in [-0.2, -0.15) is 0 Å². The van der Waals surface area contributed by atoms with Crippen LogP contribution in [0, 0.1) is 0 Å². The normalized spacial score (nSPS) is 24.3. The number of morpholine rings is 1. The maximum atomic E-state index is 6.10. The molecule has 2 atom stereocenters. The third-order valence-electron chi connectivity index (χ3n) is 4.30. The topological polar surface area (TPSA) is 22.9 Å². The first-order chi connectivity index (χ1) is 11.2. The molecule has 0 amide bonds. The molecule has 0 saturated carbocycles. The third kappa shape index (κ3) is 4.34. The fourth-order valence-electron chi connectivity index (χ4n) is 3.35. The van der Waals surface area contributed by atoms with E-state index in [9.17, 15) is 0 Å². The molecule has 0 spiro atoms. The first-order valence-corrected chi connectivity index (χ1v) is 8.48. The van der Waals surface area contributed by atoms with Crippen molar-refractivity contribution < 1.29 is 14.4 Å². The van der Waals surface area contributed by atoms with Gasteiger partial charge in [-0.25, -0.2) is 0 Å². The molecular formula is C20H26NO2+. The van der Waals surface area contributed by atoms with Crippen LogP contribution >= 0.6 is 0 Å². The highest BCUT2D eigenvalue weighted by Crippen LogP contribution is 2.29. The van der Waals surface area contributed by atoms with Crippen molar-refractivity contribution in [2.24, 2.45) is 0 Å². The van der Waals surface area contributed by atoms with E-state index < -0.39 is 0 Å². The molecule has 1 aliphatic heterocycles. The minimum Gasteiger partial charge on any atom is -0.487 e. The van der Waals surface area contributed by atoms with E-state index in [2.05, 4.69) is 56.3 Å². The highest BCUT2D eigenvalue weighted by Gasteiger charge is 2.25. The van der Waals surface area contributed by atoms with Crippen molar-refractivity contribution >= 4 is 0 Å². The molecule has 1 aliphatic rings. The molecule has 3 nitrogen and oxygen atoms in total. The van der Waals surface area contributed by atoms with Gasteiger partial charge < -0.3 is 14.4 Å². The Bertz CT molecular complexity index is 604. The molecular weight excluding hydrogens is 286 g/mol. The van der Waals surface area contributed by atoms with E-state index in [0.717, 1.165) is 37.6 Å². The second kappa shape index (κ2) is 7.62. The van der Waals surface area contributed by atoms with Crippen LogP contribution in [0.5, 0.6) is 5.75 Å². The van der Waals surface area contributed by atoms with Crippen LogP contribution in [0.2, 0.25) is 0 Å². The van der Waals surface area contributed by atoms with E-state index in [1.54, 1.807) is 4.90 Å². The Morgan fingerprint density at radius 2 is 1.61 bits per heavy atom. The van der Waals surface area contributed by atoms with Crippen LogP contribution < -0.4 is 9.64 Å². The van der Waals surface area contributed by atoms with E-state index in [4.69, 9.17) is 9.47 Å². The maximum Gasteiger partial charge on any atom is 0.137 e. The Morgan fingerprint density at radius 1 is 0.957 bits per heavy atom. The summed E-state index contributed by atoms with van der Waals surface area (Å²) in [6, 6.07) is 18.7. The van der Waals surface area contributed by atoms with Crippen molar-refractivity contribution in [1.29, 1.82) is 0 Å². The molecule has 1 heterocycles. The molecule has 23 heavy (non-hydrogen) atoms. The van der Waals surface area contributed by atoms with E-state index in [1.165, 1.54) is 5.56 Å². The van der Waals surface area contributed by atoms with Crippen LogP contribution in [0.3, 0.4) is 0 Å². The standard InChI is InChI=1S/C20H25NO2/c1-16-14-21(15-17(2)23-16)12-13-22-20-11-7-6-10-19(20)18-8-4-3-5-9-18/h3-11,16-17H,12-15H2,1-2H3/p+1/t16-,17-/m1/s1. The highest BCUT2D eigenvalue weighted by atomic mass is 16.5. The fourth-order valence-corrected chi connectivity index (χ4v) is 3.35. The van der Waals surface area contributed by atoms with Crippen molar-refractivity contribution in [3.63, 3.8) is 0 Å². The van der Waals surface area contributed by atoms with Gasteiger partial charge in [-0.15, -0.1) is 0 Å². The zero-order valence-corrected chi connectivity index (χ0v) is 14.0. The summed E-state index contributed by atoms with van der Waals surface area (Å²) in [5.41, 5.74) is 2.36. The second-order valence-electron chi connectivity index (χ2n) is 6.38. The molecule has 3 heteroatoms. The van der Waals surface area contributed by atoms with Crippen LogP contribution in [-0.2, 0) is 4.74 Å². The van der Waals surface area contributed by atoms with Crippen molar-refractivity contribution in [2.45, 2.75) is 26.1 Å². The highest BCUT2D eigenvalue weighted by molar-refractivity contribution is 5.70. The third-order valence-corrected chi connectivity index (χ3v) is 4.30. The van der Waals surface area contributed by atoms with Crippen molar-refractivity contribution in [1.82, 2.24) is 0 Å². The average Bonchev–Trinajstić information content (AvgIpc) is 2.55. The van der Waals surface area contributed by atoms with Gasteiger partial charge in [-0.1, -0.05) is 48.5 Å². The Balaban J connectivity index is 1.61. The van der Waals surface area contributed by atoms with Gasteiger partial charge in [-0.05, 0) is 25.5 Å². The van der Waals surface area contributed by atoms with Crippen LogP contribution in [-0.4, -0.2) is 38.4 Å². The minimum absolute atomic E-state index is 0.338. The smallest absolute Gasteiger partial charge is 0.137 e. The molecule has 2 aromatic rings. The summed E-state index contributed by atoms with van der Waals surface area (Å²) in [6.45, 7) is 8.18. The number of quaternary nitrogens is 1. The summed E-state index contributed by atoms with van der Waals surface area (Å²) >= 11 is 0. The molecule has 2 aromatic carbocycles. The van der Waals surface area contributed by atoms with Crippen LogP contribution in [0.25, 0.3) is 11.1 Å². The van der Waals surface area contributed by atoms with E-state index in [1.807, 2.05) is 12.1 Å². The van der Waals surface area contributed by atoms with Gasteiger partial charge in [0.1, 0.15) is 44.2 Å². The Labute approximate surface area is 138 Å².